The molecule has 0 saturated heterocycles. The maximum absolute atomic E-state index is 11.3. The van der Waals surface area contributed by atoms with Crippen molar-refractivity contribution in [2.24, 2.45) is 0 Å². The molecule has 0 bridgehead atoms. The highest BCUT2D eigenvalue weighted by Crippen LogP contribution is 1.94. The third kappa shape index (κ3) is 5.12. The highest BCUT2D eigenvalue weighted by Gasteiger charge is 1.99. The van der Waals surface area contributed by atoms with E-state index < -0.39 is 0 Å². The van der Waals surface area contributed by atoms with Gasteiger partial charge in [-0.25, -0.2) is 0 Å². The van der Waals surface area contributed by atoms with Crippen LogP contribution in [0.25, 0.3) is 0 Å². The van der Waals surface area contributed by atoms with Crippen molar-refractivity contribution in [2.45, 2.75) is 19.9 Å². The molecule has 0 unspecified atom stereocenters. The van der Waals surface area contributed by atoms with E-state index in [1.807, 2.05) is 19.1 Å². The molecule has 0 fully saturated rings. The molecule has 82 valence electrons. The molecule has 1 amide bonds. The minimum Gasteiger partial charge on any atom is -0.352 e. The summed E-state index contributed by atoms with van der Waals surface area (Å²) in [6.07, 6.45) is 3.97. The normalized spacial score (nSPS) is 9.93. The molecule has 0 radical (unpaired) electrons. The molecular formula is C11H17N3O. The molecule has 2 N–H and O–H groups in total. The first-order chi connectivity index (χ1) is 7.33. The van der Waals surface area contributed by atoms with Crippen LogP contribution in [-0.2, 0) is 11.3 Å². The average molecular weight is 207 g/mol. The molecule has 1 heterocycles. The van der Waals surface area contributed by atoms with Gasteiger partial charge in [0.25, 0.3) is 0 Å². The maximum atomic E-state index is 11.3. The number of pyridine rings is 1. The summed E-state index contributed by atoms with van der Waals surface area (Å²) >= 11 is 0. The summed E-state index contributed by atoms with van der Waals surface area (Å²) < 4.78 is 0. The minimum atomic E-state index is 0.0766. The molecule has 4 nitrogen and oxygen atoms in total. The lowest BCUT2D eigenvalue weighted by molar-refractivity contribution is -0.121. The van der Waals surface area contributed by atoms with Crippen molar-refractivity contribution in [2.75, 3.05) is 13.1 Å². The van der Waals surface area contributed by atoms with E-state index in [2.05, 4.69) is 15.6 Å². The topological polar surface area (TPSA) is 54.0 Å². The summed E-state index contributed by atoms with van der Waals surface area (Å²) in [6, 6.07) is 3.79. The van der Waals surface area contributed by atoms with Crippen LogP contribution in [0, 0.1) is 0 Å². The number of carbonyl (C=O) groups excluding carboxylic acids is 1. The van der Waals surface area contributed by atoms with Crippen molar-refractivity contribution in [3.8, 4) is 0 Å². The molecule has 0 aromatic carbocycles. The lowest BCUT2D eigenvalue weighted by Gasteiger charge is -2.05. The second-order valence-corrected chi connectivity index (χ2v) is 3.24. The van der Waals surface area contributed by atoms with Crippen LogP contribution in [-0.4, -0.2) is 24.0 Å². The zero-order chi connectivity index (χ0) is 10.9. The van der Waals surface area contributed by atoms with Crippen LogP contribution in [0.2, 0.25) is 0 Å². The van der Waals surface area contributed by atoms with Crippen molar-refractivity contribution in [1.29, 1.82) is 0 Å². The second kappa shape index (κ2) is 6.95. The van der Waals surface area contributed by atoms with Gasteiger partial charge >= 0.3 is 0 Å². The van der Waals surface area contributed by atoms with Crippen LogP contribution in [0.1, 0.15) is 18.9 Å². The fourth-order valence-electron chi connectivity index (χ4n) is 1.17. The fraction of sp³-hybridized carbons (Fsp3) is 0.455. The Morgan fingerprint density at radius 3 is 2.80 bits per heavy atom. The van der Waals surface area contributed by atoms with Gasteiger partial charge < -0.3 is 10.6 Å². The summed E-state index contributed by atoms with van der Waals surface area (Å²) in [7, 11) is 0. The Labute approximate surface area is 90.1 Å². The van der Waals surface area contributed by atoms with E-state index in [0.717, 1.165) is 18.7 Å². The lowest BCUT2D eigenvalue weighted by atomic mass is 10.2. The first kappa shape index (κ1) is 11.7. The highest BCUT2D eigenvalue weighted by molar-refractivity contribution is 5.76. The Kier molecular flexibility index (Phi) is 5.40. The van der Waals surface area contributed by atoms with Crippen LogP contribution >= 0.6 is 0 Å². The van der Waals surface area contributed by atoms with Crippen molar-refractivity contribution < 1.29 is 4.79 Å². The Morgan fingerprint density at radius 2 is 2.13 bits per heavy atom. The zero-order valence-electron chi connectivity index (χ0n) is 8.99. The van der Waals surface area contributed by atoms with E-state index in [-0.39, 0.29) is 5.91 Å². The largest absolute Gasteiger partial charge is 0.352 e. The van der Waals surface area contributed by atoms with E-state index in [4.69, 9.17) is 0 Å². The zero-order valence-corrected chi connectivity index (χ0v) is 8.99. The minimum absolute atomic E-state index is 0.0766. The van der Waals surface area contributed by atoms with Crippen LogP contribution in [0.3, 0.4) is 0 Å². The summed E-state index contributed by atoms with van der Waals surface area (Å²) in [5.41, 5.74) is 1.07. The summed E-state index contributed by atoms with van der Waals surface area (Å²) in [6.45, 7) is 4.23. The predicted octanol–water partition coefficient (Wildman–Crippen LogP) is 0.697. The van der Waals surface area contributed by atoms with Crippen LogP contribution in [0.5, 0.6) is 0 Å². The van der Waals surface area contributed by atoms with Crippen molar-refractivity contribution in [1.82, 2.24) is 15.6 Å². The van der Waals surface area contributed by atoms with Gasteiger partial charge in [-0.2, -0.15) is 0 Å². The lowest BCUT2D eigenvalue weighted by Crippen LogP contribution is -2.27. The third-order valence-corrected chi connectivity index (χ3v) is 2.02. The van der Waals surface area contributed by atoms with Gasteiger partial charge in [-0.3, -0.25) is 9.78 Å². The molecule has 0 spiro atoms. The van der Waals surface area contributed by atoms with E-state index >= 15 is 0 Å². The monoisotopic (exact) mass is 207 g/mol. The van der Waals surface area contributed by atoms with Gasteiger partial charge in [-0.1, -0.05) is 6.92 Å². The van der Waals surface area contributed by atoms with Crippen molar-refractivity contribution in [3.05, 3.63) is 30.1 Å². The maximum Gasteiger partial charge on any atom is 0.221 e. The summed E-state index contributed by atoms with van der Waals surface area (Å²) in [5.74, 6) is 0.0766. The number of hydrogen-bond acceptors (Lipinski definition) is 3. The molecular weight excluding hydrogens is 190 g/mol. The standard InChI is InChI=1S/C11H17N3O/c1-2-12-8-5-11(15)14-9-10-3-6-13-7-4-10/h3-4,6-7,12H,2,5,8-9H2,1H3,(H,14,15). The molecule has 1 rings (SSSR count). The first-order valence-electron chi connectivity index (χ1n) is 5.19. The smallest absolute Gasteiger partial charge is 0.221 e. The Hall–Kier alpha value is -1.42. The van der Waals surface area contributed by atoms with E-state index in [0.29, 0.717) is 13.0 Å². The molecule has 15 heavy (non-hydrogen) atoms. The van der Waals surface area contributed by atoms with Gasteiger partial charge in [-0.15, -0.1) is 0 Å². The highest BCUT2D eigenvalue weighted by atomic mass is 16.1. The molecule has 0 aliphatic heterocycles. The van der Waals surface area contributed by atoms with Gasteiger partial charge in [0.2, 0.25) is 5.91 Å². The quantitative estimate of drug-likeness (QED) is 0.675. The Morgan fingerprint density at radius 1 is 1.40 bits per heavy atom. The Balaban J connectivity index is 2.17. The van der Waals surface area contributed by atoms with Crippen molar-refractivity contribution in [3.63, 3.8) is 0 Å². The van der Waals surface area contributed by atoms with Crippen LogP contribution in [0.4, 0.5) is 0 Å². The average Bonchev–Trinajstić information content (AvgIpc) is 2.28. The van der Waals surface area contributed by atoms with E-state index in [1.165, 1.54) is 0 Å². The third-order valence-electron chi connectivity index (χ3n) is 2.02. The summed E-state index contributed by atoms with van der Waals surface area (Å²) in [5, 5.41) is 5.96. The first-order valence-corrected chi connectivity index (χ1v) is 5.19. The van der Waals surface area contributed by atoms with E-state index in [1.54, 1.807) is 12.4 Å². The van der Waals surface area contributed by atoms with Gasteiger partial charge in [-0.05, 0) is 24.2 Å². The van der Waals surface area contributed by atoms with Gasteiger partial charge in [0.1, 0.15) is 0 Å². The summed E-state index contributed by atoms with van der Waals surface area (Å²) in [4.78, 5) is 15.2. The number of carbonyl (C=O) groups is 1. The Bertz CT molecular complexity index is 287. The number of rotatable bonds is 6. The number of amides is 1. The molecule has 0 aliphatic rings. The molecule has 1 aromatic heterocycles. The second-order valence-electron chi connectivity index (χ2n) is 3.24. The molecule has 0 saturated carbocycles. The van der Waals surface area contributed by atoms with Gasteiger partial charge in [0, 0.05) is 31.9 Å². The van der Waals surface area contributed by atoms with Crippen LogP contribution < -0.4 is 10.6 Å². The molecule has 0 aliphatic carbocycles. The predicted molar refractivity (Wildman–Crippen MR) is 59.2 cm³/mol. The van der Waals surface area contributed by atoms with Gasteiger partial charge in [0.05, 0.1) is 0 Å². The van der Waals surface area contributed by atoms with Crippen molar-refractivity contribution >= 4 is 5.91 Å². The molecule has 0 atom stereocenters. The number of nitrogens with one attached hydrogen (secondary N) is 2. The number of hydrogen-bond donors (Lipinski definition) is 2. The molecule has 1 aromatic rings. The van der Waals surface area contributed by atoms with E-state index in [9.17, 15) is 4.79 Å². The van der Waals surface area contributed by atoms with Crippen LogP contribution in [0.15, 0.2) is 24.5 Å². The number of aromatic nitrogens is 1. The fourth-order valence-corrected chi connectivity index (χ4v) is 1.17. The number of nitrogens with zero attached hydrogens (tertiary/aromatic N) is 1. The molecule has 4 heteroatoms. The SMILES string of the molecule is CCNCCC(=O)NCc1ccncc1. The van der Waals surface area contributed by atoms with Gasteiger partial charge in [0.15, 0.2) is 0 Å².